The highest BCUT2D eigenvalue weighted by atomic mass is 16.2. The molecule has 1 unspecified atom stereocenters. The van der Waals surface area contributed by atoms with Gasteiger partial charge in [-0.25, -0.2) is 4.98 Å². The molecule has 2 N–H and O–H groups in total. The van der Waals surface area contributed by atoms with E-state index in [1.807, 2.05) is 0 Å². The van der Waals surface area contributed by atoms with Crippen LogP contribution >= 0.6 is 0 Å². The van der Waals surface area contributed by atoms with Crippen molar-refractivity contribution in [2.75, 3.05) is 20.1 Å². The molecule has 1 atom stereocenters. The third-order valence-electron chi connectivity index (χ3n) is 2.76. The monoisotopic (exact) mass is 223 g/mol. The van der Waals surface area contributed by atoms with Crippen molar-refractivity contribution < 1.29 is 4.79 Å². The molecule has 2 rings (SSSR count). The Balaban J connectivity index is 1.92. The number of likely N-dealkylation sites (N-methyl/N-ethyl adjacent to an activating group) is 1. The van der Waals surface area contributed by atoms with Crippen molar-refractivity contribution in [3.05, 3.63) is 11.6 Å². The number of nitrogens with zero attached hydrogens (tertiary/aromatic N) is 3. The third kappa shape index (κ3) is 2.57. The molecule has 16 heavy (non-hydrogen) atoms. The molecular weight excluding hydrogens is 206 g/mol. The Morgan fingerprint density at radius 3 is 3.06 bits per heavy atom. The Labute approximate surface area is 94.4 Å². The fraction of sp³-hybridized carbons (Fsp3) is 0.700. The number of piperidine rings is 1. The Hall–Kier alpha value is -1.43. The standard InChI is InChI=1S/C10H17N5O/c1-7-11-9(14-13-7)10(16)12-8-4-3-5-15(2)6-8/h8H,3-6H2,1-2H3,(H,12,16)(H,11,13,14). The minimum atomic E-state index is -0.190. The van der Waals surface area contributed by atoms with E-state index in [2.05, 4.69) is 32.4 Å². The van der Waals surface area contributed by atoms with E-state index in [1.54, 1.807) is 6.92 Å². The lowest BCUT2D eigenvalue weighted by Crippen LogP contribution is -2.46. The molecule has 1 fully saturated rings. The van der Waals surface area contributed by atoms with Crippen molar-refractivity contribution in [2.45, 2.75) is 25.8 Å². The van der Waals surface area contributed by atoms with Gasteiger partial charge in [-0.15, -0.1) is 5.10 Å². The van der Waals surface area contributed by atoms with E-state index >= 15 is 0 Å². The number of hydrogen-bond donors (Lipinski definition) is 2. The van der Waals surface area contributed by atoms with Gasteiger partial charge in [-0.05, 0) is 33.4 Å². The number of aromatic amines is 1. The number of aromatic nitrogens is 3. The summed E-state index contributed by atoms with van der Waals surface area (Å²) < 4.78 is 0. The number of amides is 1. The van der Waals surface area contributed by atoms with E-state index in [9.17, 15) is 4.79 Å². The lowest BCUT2D eigenvalue weighted by atomic mass is 10.1. The zero-order valence-electron chi connectivity index (χ0n) is 9.66. The first-order chi connectivity index (χ1) is 7.65. The molecular formula is C10H17N5O. The summed E-state index contributed by atoms with van der Waals surface area (Å²) in [6.07, 6.45) is 2.15. The fourth-order valence-corrected chi connectivity index (χ4v) is 1.98. The van der Waals surface area contributed by atoms with Gasteiger partial charge < -0.3 is 10.2 Å². The summed E-state index contributed by atoms with van der Waals surface area (Å²) in [7, 11) is 2.06. The van der Waals surface area contributed by atoms with E-state index in [0.717, 1.165) is 25.9 Å². The van der Waals surface area contributed by atoms with Crippen LogP contribution < -0.4 is 5.32 Å². The molecule has 0 aliphatic carbocycles. The number of likely N-dealkylation sites (tertiary alicyclic amines) is 1. The maximum atomic E-state index is 11.8. The normalized spacial score (nSPS) is 22.0. The van der Waals surface area contributed by atoms with Crippen LogP contribution in [0.3, 0.4) is 0 Å². The van der Waals surface area contributed by atoms with Crippen LogP contribution in [0.1, 0.15) is 29.3 Å². The molecule has 1 aromatic heterocycles. The second kappa shape index (κ2) is 4.61. The van der Waals surface area contributed by atoms with Crippen molar-refractivity contribution in [2.24, 2.45) is 0 Å². The Bertz CT molecular complexity index is 375. The van der Waals surface area contributed by atoms with Crippen LogP contribution in [0.5, 0.6) is 0 Å². The minimum Gasteiger partial charge on any atom is -0.345 e. The average Bonchev–Trinajstić information content (AvgIpc) is 2.65. The number of carbonyl (C=O) groups excluding carboxylic acids is 1. The highest BCUT2D eigenvalue weighted by Crippen LogP contribution is 2.08. The van der Waals surface area contributed by atoms with Crippen LogP contribution in [0.15, 0.2) is 0 Å². The van der Waals surface area contributed by atoms with Gasteiger partial charge >= 0.3 is 0 Å². The molecule has 6 nitrogen and oxygen atoms in total. The van der Waals surface area contributed by atoms with Crippen molar-refractivity contribution in [1.82, 2.24) is 25.4 Å². The topological polar surface area (TPSA) is 73.9 Å². The SMILES string of the molecule is Cc1nc(C(=O)NC2CCCN(C)C2)n[nH]1. The first-order valence-corrected chi connectivity index (χ1v) is 5.53. The Kier molecular flexibility index (Phi) is 3.19. The summed E-state index contributed by atoms with van der Waals surface area (Å²) in [5.74, 6) is 0.696. The van der Waals surface area contributed by atoms with Gasteiger partial charge in [0.05, 0.1) is 0 Å². The van der Waals surface area contributed by atoms with E-state index in [-0.39, 0.29) is 17.8 Å². The fourth-order valence-electron chi connectivity index (χ4n) is 1.98. The lowest BCUT2D eigenvalue weighted by Gasteiger charge is -2.29. The smallest absolute Gasteiger partial charge is 0.291 e. The zero-order chi connectivity index (χ0) is 11.5. The van der Waals surface area contributed by atoms with Crippen LogP contribution in [-0.2, 0) is 0 Å². The zero-order valence-corrected chi connectivity index (χ0v) is 9.66. The molecule has 0 bridgehead atoms. The molecule has 0 radical (unpaired) electrons. The Morgan fingerprint density at radius 2 is 2.44 bits per heavy atom. The van der Waals surface area contributed by atoms with E-state index in [4.69, 9.17) is 0 Å². The van der Waals surface area contributed by atoms with Gasteiger partial charge in [-0.1, -0.05) is 0 Å². The molecule has 1 amide bonds. The molecule has 0 spiro atoms. The molecule has 2 heterocycles. The van der Waals surface area contributed by atoms with Crippen LogP contribution in [0.2, 0.25) is 0 Å². The van der Waals surface area contributed by atoms with Gasteiger partial charge in [0, 0.05) is 12.6 Å². The van der Waals surface area contributed by atoms with E-state index in [0.29, 0.717) is 5.82 Å². The second-order valence-electron chi connectivity index (χ2n) is 4.32. The summed E-state index contributed by atoms with van der Waals surface area (Å²) in [4.78, 5) is 18.0. The number of aryl methyl sites for hydroxylation is 1. The van der Waals surface area contributed by atoms with Gasteiger partial charge in [0.1, 0.15) is 5.82 Å². The number of nitrogens with one attached hydrogen (secondary N) is 2. The lowest BCUT2D eigenvalue weighted by molar-refractivity contribution is 0.0902. The van der Waals surface area contributed by atoms with Crippen molar-refractivity contribution in [3.8, 4) is 0 Å². The number of carbonyl (C=O) groups is 1. The second-order valence-corrected chi connectivity index (χ2v) is 4.32. The minimum absolute atomic E-state index is 0.190. The number of H-pyrrole nitrogens is 1. The van der Waals surface area contributed by atoms with Gasteiger partial charge in [0.15, 0.2) is 0 Å². The molecule has 6 heteroatoms. The summed E-state index contributed by atoms with van der Waals surface area (Å²) in [5, 5.41) is 9.45. The molecule has 1 aliphatic heterocycles. The van der Waals surface area contributed by atoms with E-state index < -0.39 is 0 Å². The highest BCUT2D eigenvalue weighted by molar-refractivity contribution is 5.90. The maximum absolute atomic E-state index is 11.8. The van der Waals surface area contributed by atoms with Crippen LogP contribution in [0.25, 0.3) is 0 Å². The van der Waals surface area contributed by atoms with Gasteiger partial charge in [0.25, 0.3) is 5.91 Å². The molecule has 88 valence electrons. The quantitative estimate of drug-likeness (QED) is 0.736. The summed E-state index contributed by atoms with van der Waals surface area (Å²) in [6, 6.07) is 0.213. The summed E-state index contributed by atoms with van der Waals surface area (Å²) in [6.45, 7) is 3.78. The van der Waals surface area contributed by atoms with Crippen LogP contribution in [0, 0.1) is 6.92 Å². The van der Waals surface area contributed by atoms with Crippen LogP contribution in [0.4, 0.5) is 0 Å². The number of hydrogen-bond acceptors (Lipinski definition) is 4. The molecule has 1 saturated heterocycles. The average molecular weight is 223 g/mol. The van der Waals surface area contributed by atoms with Gasteiger partial charge in [-0.3, -0.25) is 9.89 Å². The van der Waals surface area contributed by atoms with Gasteiger partial charge in [0.2, 0.25) is 5.82 Å². The number of rotatable bonds is 2. The van der Waals surface area contributed by atoms with Crippen LogP contribution in [-0.4, -0.2) is 52.2 Å². The predicted molar refractivity (Wildman–Crippen MR) is 59.1 cm³/mol. The van der Waals surface area contributed by atoms with Crippen molar-refractivity contribution in [1.29, 1.82) is 0 Å². The third-order valence-corrected chi connectivity index (χ3v) is 2.76. The summed E-state index contributed by atoms with van der Waals surface area (Å²) >= 11 is 0. The predicted octanol–water partition coefficient (Wildman–Crippen LogP) is -0.0629. The first kappa shape index (κ1) is 11.1. The molecule has 1 aliphatic rings. The molecule has 1 aromatic rings. The first-order valence-electron chi connectivity index (χ1n) is 5.53. The largest absolute Gasteiger partial charge is 0.345 e. The molecule has 0 saturated carbocycles. The Morgan fingerprint density at radius 1 is 1.62 bits per heavy atom. The van der Waals surface area contributed by atoms with Crippen molar-refractivity contribution in [3.63, 3.8) is 0 Å². The maximum Gasteiger partial charge on any atom is 0.291 e. The van der Waals surface area contributed by atoms with Gasteiger partial charge in [-0.2, -0.15) is 0 Å². The van der Waals surface area contributed by atoms with Crippen molar-refractivity contribution >= 4 is 5.91 Å². The highest BCUT2D eigenvalue weighted by Gasteiger charge is 2.21. The summed E-state index contributed by atoms with van der Waals surface area (Å²) in [5.41, 5.74) is 0. The van der Waals surface area contributed by atoms with E-state index in [1.165, 1.54) is 0 Å². The molecule has 0 aromatic carbocycles.